The molecule has 3 rings (SSSR count). The maximum atomic E-state index is 9.10. The second-order valence-electron chi connectivity index (χ2n) is 3.85. The van der Waals surface area contributed by atoms with Gasteiger partial charge in [-0.3, -0.25) is 4.98 Å². The van der Waals surface area contributed by atoms with Crippen molar-refractivity contribution in [3.8, 4) is 11.3 Å². The molecule has 0 unspecified atom stereocenters. The van der Waals surface area contributed by atoms with Crippen LogP contribution in [0.2, 0.25) is 0 Å². The van der Waals surface area contributed by atoms with Gasteiger partial charge in [0.15, 0.2) is 0 Å². The minimum atomic E-state index is 0.0304. The normalized spacial score (nSPS) is 10.9. The predicted octanol–water partition coefficient (Wildman–Crippen LogP) is 2.99. The van der Waals surface area contributed by atoms with E-state index in [2.05, 4.69) is 4.98 Å². The van der Waals surface area contributed by atoms with E-state index in [0.29, 0.717) is 0 Å². The molecule has 1 aromatic carbocycles. The number of hydrogen-bond donors (Lipinski definition) is 1. The molecule has 0 spiro atoms. The average Bonchev–Trinajstić information content (AvgIpc) is 2.91. The summed E-state index contributed by atoms with van der Waals surface area (Å²) in [5, 5.41) is 10.1. The number of nitrogens with zero attached hydrogens (tertiary/aromatic N) is 1. The van der Waals surface area contributed by atoms with Gasteiger partial charge in [-0.2, -0.15) is 0 Å². The summed E-state index contributed by atoms with van der Waals surface area (Å²) in [4.78, 5) is 4.31. The molecule has 0 bridgehead atoms. The Morgan fingerprint density at radius 3 is 2.88 bits per heavy atom. The molecule has 0 saturated heterocycles. The summed E-state index contributed by atoms with van der Waals surface area (Å²) in [6, 6.07) is 11.5. The van der Waals surface area contributed by atoms with E-state index in [9.17, 15) is 0 Å². The van der Waals surface area contributed by atoms with Crippen LogP contribution in [0.15, 0.2) is 53.3 Å². The van der Waals surface area contributed by atoms with Crippen molar-refractivity contribution >= 4 is 10.9 Å². The Morgan fingerprint density at radius 1 is 1.18 bits per heavy atom. The van der Waals surface area contributed by atoms with Crippen LogP contribution in [-0.4, -0.2) is 10.1 Å². The molecule has 3 nitrogen and oxygen atoms in total. The summed E-state index contributed by atoms with van der Waals surface area (Å²) in [5.74, 6) is 0.828. The molecular weight excluding hydrogens is 214 g/mol. The first-order valence-electron chi connectivity index (χ1n) is 5.41. The van der Waals surface area contributed by atoms with E-state index in [1.165, 1.54) is 0 Å². The fourth-order valence-electron chi connectivity index (χ4n) is 1.94. The monoisotopic (exact) mass is 225 g/mol. The van der Waals surface area contributed by atoms with Gasteiger partial charge in [-0.15, -0.1) is 0 Å². The van der Waals surface area contributed by atoms with E-state index in [-0.39, 0.29) is 6.61 Å². The number of aromatic nitrogens is 1. The average molecular weight is 225 g/mol. The van der Waals surface area contributed by atoms with Gasteiger partial charge >= 0.3 is 0 Å². The molecule has 2 heterocycles. The second kappa shape index (κ2) is 4.03. The standard InChI is InChI=1S/C14H11NO2/c16-9-10-3-4-11-12(14-2-1-7-17-14)5-6-15-13(11)8-10/h1-8,16H,9H2. The molecule has 84 valence electrons. The molecule has 0 fully saturated rings. The summed E-state index contributed by atoms with van der Waals surface area (Å²) in [5.41, 5.74) is 2.75. The fraction of sp³-hybridized carbons (Fsp3) is 0.0714. The van der Waals surface area contributed by atoms with E-state index < -0.39 is 0 Å². The van der Waals surface area contributed by atoms with E-state index in [4.69, 9.17) is 9.52 Å². The van der Waals surface area contributed by atoms with Crippen LogP contribution in [0.25, 0.3) is 22.2 Å². The van der Waals surface area contributed by atoms with Crippen molar-refractivity contribution in [3.63, 3.8) is 0 Å². The Kier molecular flexibility index (Phi) is 2.38. The molecule has 3 aromatic rings. The Labute approximate surface area is 98.3 Å². The second-order valence-corrected chi connectivity index (χ2v) is 3.85. The molecule has 2 aromatic heterocycles. The van der Waals surface area contributed by atoms with E-state index >= 15 is 0 Å². The summed E-state index contributed by atoms with van der Waals surface area (Å²) >= 11 is 0. The molecule has 0 saturated carbocycles. The molecule has 0 radical (unpaired) electrons. The lowest BCUT2D eigenvalue weighted by atomic mass is 10.1. The number of rotatable bonds is 2. The van der Waals surface area contributed by atoms with Crippen LogP contribution in [0.5, 0.6) is 0 Å². The highest BCUT2D eigenvalue weighted by atomic mass is 16.3. The third kappa shape index (κ3) is 1.70. The molecule has 0 aliphatic carbocycles. The minimum absolute atomic E-state index is 0.0304. The zero-order chi connectivity index (χ0) is 11.7. The highest BCUT2D eigenvalue weighted by Crippen LogP contribution is 2.28. The van der Waals surface area contributed by atoms with E-state index in [1.54, 1.807) is 12.5 Å². The van der Waals surface area contributed by atoms with Gasteiger partial charge in [-0.1, -0.05) is 12.1 Å². The maximum absolute atomic E-state index is 9.10. The van der Waals surface area contributed by atoms with Crippen LogP contribution < -0.4 is 0 Å². The Bertz CT molecular complexity index is 644. The fourth-order valence-corrected chi connectivity index (χ4v) is 1.94. The van der Waals surface area contributed by atoms with Gasteiger partial charge in [0.05, 0.1) is 18.4 Å². The number of furan rings is 1. The topological polar surface area (TPSA) is 46.3 Å². The van der Waals surface area contributed by atoms with Crippen LogP contribution in [0.1, 0.15) is 5.56 Å². The first-order valence-corrected chi connectivity index (χ1v) is 5.41. The smallest absolute Gasteiger partial charge is 0.134 e. The van der Waals surface area contributed by atoms with Gasteiger partial charge in [0, 0.05) is 17.1 Å². The summed E-state index contributed by atoms with van der Waals surface area (Å²) in [6.07, 6.45) is 3.41. The third-order valence-corrected chi connectivity index (χ3v) is 2.78. The highest BCUT2D eigenvalue weighted by Gasteiger charge is 2.06. The highest BCUT2D eigenvalue weighted by molar-refractivity contribution is 5.93. The molecule has 1 N–H and O–H groups in total. The zero-order valence-corrected chi connectivity index (χ0v) is 9.13. The number of aliphatic hydroxyl groups is 1. The summed E-state index contributed by atoms with van der Waals surface area (Å²) < 4.78 is 5.41. The van der Waals surface area contributed by atoms with Crippen LogP contribution in [0, 0.1) is 0 Å². The molecule has 0 aliphatic heterocycles. The quantitative estimate of drug-likeness (QED) is 0.729. The molecule has 17 heavy (non-hydrogen) atoms. The van der Waals surface area contributed by atoms with Crippen LogP contribution >= 0.6 is 0 Å². The number of pyridine rings is 1. The number of aliphatic hydroxyl groups excluding tert-OH is 1. The third-order valence-electron chi connectivity index (χ3n) is 2.78. The Hall–Kier alpha value is -2.13. The molecular formula is C14H11NO2. The van der Waals surface area contributed by atoms with Crippen molar-refractivity contribution in [2.75, 3.05) is 0 Å². The van der Waals surface area contributed by atoms with Crippen molar-refractivity contribution in [3.05, 3.63) is 54.4 Å². The molecule has 0 atom stereocenters. The Morgan fingerprint density at radius 2 is 2.12 bits per heavy atom. The number of benzene rings is 1. The van der Waals surface area contributed by atoms with E-state index in [0.717, 1.165) is 27.8 Å². The van der Waals surface area contributed by atoms with Crippen molar-refractivity contribution < 1.29 is 9.52 Å². The van der Waals surface area contributed by atoms with Crippen molar-refractivity contribution in [1.82, 2.24) is 4.98 Å². The Balaban J connectivity index is 2.27. The van der Waals surface area contributed by atoms with Crippen LogP contribution in [0.3, 0.4) is 0 Å². The van der Waals surface area contributed by atoms with Crippen molar-refractivity contribution in [1.29, 1.82) is 0 Å². The maximum Gasteiger partial charge on any atom is 0.134 e. The van der Waals surface area contributed by atoms with Gasteiger partial charge in [0.2, 0.25) is 0 Å². The lowest BCUT2D eigenvalue weighted by Gasteiger charge is -2.04. The van der Waals surface area contributed by atoms with Gasteiger partial charge in [-0.25, -0.2) is 0 Å². The first kappa shape index (κ1) is 10.1. The zero-order valence-electron chi connectivity index (χ0n) is 9.13. The van der Waals surface area contributed by atoms with Gasteiger partial charge in [0.25, 0.3) is 0 Å². The number of fused-ring (bicyclic) bond motifs is 1. The van der Waals surface area contributed by atoms with Crippen LogP contribution in [0.4, 0.5) is 0 Å². The lowest BCUT2D eigenvalue weighted by Crippen LogP contribution is -1.87. The summed E-state index contributed by atoms with van der Waals surface area (Å²) in [6.45, 7) is 0.0304. The van der Waals surface area contributed by atoms with E-state index in [1.807, 2.05) is 36.4 Å². The largest absolute Gasteiger partial charge is 0.464 e. The SMILES string of the molecule is OCc1ccc2c(-c3ccco3)ccnc2c1. The van der Waals surface area contributed by atoms with Gasteiger partial charge in [-0.05, 0) is 29.8 Å². The van der Waals surface area contributed by atoms with Crippen LogP contribution in [-0.2, 0) is 6.61 Å². The van der Waals surface area contributed by atoms with Crippen molar-refractivity contribution in [2.45, 2.75) is 6.61 Å². The molecule has 0 amide bonds. The number of hydrogen-bond acceptors (Lipinski definition) is 3. The van der Waals surface area contributed by atoms with Crippen molar-refractivity contribution in [2.24, 2.45) is 0 Å². The lowest BCUT2D eigenvalue weighted by molar-refractivity contribution is 0.282. The first-order chi connectivity index (χ1) is 8.38. The molecule has 0 aliphatic rings. The van der Waals surface area contributed by atoms with Gasteiger partial charge < -0.3 is 9.52 Å². The van der Waals surface area contributed by atoms with Gasteiger partial charge in [0.1, 0.15) is 5.76 Å². The predicted molar refractivity (Wildman–Crippen MR) is 65.4 cm³/mol. The minimum Gasteiger partial charge on any atom is -0.464 e. The molecule has 3 heteroatoms. The summed E-state index contributed by atoms with van der Waals surface area (Å²) in [7, 11) is 0.